The lowest BCUT2D eigenvalue weighted by atomic mass is 9.87. The Bertz CT molecular complexity index is 862. The van der Waals surface area contributed by atoms with E-state index in [4.69, 9.17) is 9.47 Å². The molecule has 1 spiro atoms. The molecular formula is C19H17NO3. The van der Waals surface area contributed by atoms with Crippen LogP contribution in [0.1, 0.15) is 35.2 Å². The summed E-state index contributed by atoms with van der Waals surface area (Å²) in [6.07, 6.45) is 4.85. The number of benzene rings is 2. The van der Waals surface area contributed by atoms with Crippen LogP contribution in [-0.4, -0.2) is 24.9 Å². The fourth-order valence-corrected chi connectivity index (χ4v) is 3.98. The van der Waals surface area contributed by atoms with Gasteiger partial charge in [0.25, 0.3) is 5.91 Å². The van der Waals surface area contributed by atoms with Crippen molar-refractivity contribution in [3.63, 3.8) is 0 Å². The monoisotopic (exact) mass is 307 g/mol. The smallest absolute Gasteiger partial charge is 0.256 e. The van der Waals surface area contributed by atoms with Crippen molar-refractivity contribution in [3.05, 3.63) is 47.5 Å². The summed E-state index contributed by atoms with van der Waals surface area (Å²) in [4.78, 5) is 12.0. The Balaban J connectivity index is 1.61. The second-order valence-corrected chi connectivity index (χ2v) is 6.38. The van der Waals surface area contributed by atoms with Gasteiger partial charge < -0.3 is 14.8 Å². The molecule has 3 aliphatic rings. The lowest BCUT2D eigenvalue weighted by molar-refractivity contribution is -0.159. The Morgan fingerprint density at radius 2 is 1.91 bits per heavy atom. The van der Waals surface area contributed by atoms with Crippen LogP contribution in [0.4, 0.5) is 5.69 Å². The normalized spacial score (nSPS) is 21.7. The highest BCUT2D eigenvalue weighted by Gasteiger charge is 2.38. The molecule has 23 heavy (non-hydrogen) atoms. The second kappa shape index (κ2) is 4.66. The quantitative estimate of drug-likeness (QED) is 0.873. The summed E-state index contributed by atoms with van der Waals surface area (Å²) in [5, 5.41) is 5.14. The maximum atomic E-state index is 12.0. The molecule has 0 radical (unpaired) electrons. The number of nitrogens with one attached hydrogen (secondary N) is 1. The Morgan fingerprint density at radius 3 is 2.70 bits per heavy atom. The standard InChI is InChI=1S/C19H17NO3/c21-18-15-3-1-2-14-13(4-5-16(20-18)17(14)15)12-6-8-19(9-7-12)22-10-11-23-19/h1-6H,7-11H2,(H,20,21). The van der Waals surface area contributed by atoms with Crippen molar-refractivity contribution in [2.75, 3.05) is 18.5 Å². The third-order valence-corrected chi connectivity index (χ3v) is 5.13. The average Bonchev–Trinajstić information content (AvgIpc) is 3.16. The highest BCUT2D eigenvalue weighted by Crippen LogP contribution is 2.42. The number of carbonyl (C=O) groups excluding carboxylic acids is 1. The minimum atomic E-state index is -0.393. The first-order chi connectivity index (χ1) is 11.3. The number of allylic oxidation sites excluding steroid dienone is 1. The van der Waals surface area contributed by atoms with Gasteiger partial charge in [-0.3, -0.25) is 4.79 Å². The van der Waals surface area contributed by atoms with E-state index >= 15 is 0 Å². The van der Waals surface area contributed by atoms with E-state index in [9.17, 15) is 4.79 Å². The van der Waals surface area contributed by atoms with E-state index in [1.807, 2.05) is 18.2 Å². The highest BCUT2D eigenvalue weighted by atomic mass is 16.7. The number of anilines is 1. The minimum Gasteiger partial charge on any atom is -0.347 e. The van der Waals surface area contributed by atoms with Gasteiger partial charge in [-0.25, -0.2) is 0 Å². The maximum Gasteiger partial charge on any atom is 0.256 e. The molecular weight excluding hydrogens is 290 g/mol. The van der Waals surface area contributed by atoms with Crippen molar-refractivity contribution >= 4 is 27.9 Å². The lowest BCUT2D eigenvalue weighted by Crippen LogP contribution is -2.31. The first-order valence-corrected chi connectivity index (χ1v) is 8.10. The Kier molecular flexibility index (Phi) is 2.69. The van der Waals surface area contributed by atoms with Crippen molar-refractivity contribution in [2.24, 2.45) is 0 Å². The molecule has 1 saturated heterocycles. The molecule has 4 heteroatoms. The lowest BCUT2D eigenvalue weighted by Gasteiger charge is -2.31. The molecule has 5 rings (SSSR count). The van der Waals surface area contributed by atoms with Crippen LogP contribution in [0.3, 0.4) is 0 Å². The van der Waals surface area contributed by atoms with E-state index < -0.39 is 5.79 Å². The third-order valence-electron chi connectivity index (χ3n) is 5.13. The van der Waals surface area contributed by atoms with Crippen LogP contribution >= 0.6 is 0 Å². The zero-order valence-corrected chi connectivity index (χ0v) is 12.7. The number of amides is 1. The zero-order chi connectivity index (χ0) is 15.4. The van der Waals surface area contributed by atoms with Gasteiger partial charge in [0.1, 0.15) is 0 Å². The van der Waals surface area contributed by atoms with Crippen molar-refractivity contribution in [3.8, 4) is 0 Å². The third kappa shape index (κ3) is 1.89. The molecule has 4 nitrogen and oxygen atoms in total. The van der Waals surface area contributed by atoms with Crippen LogP contribution in [0.25, 0.3) is 16.3 Å². The summed E-state index contributed by atoms with van der Waals surface area (Å²) >= 11 is 0. The van der Waals surface area contributed by atoms with Gasteiger partial charge in [0.15, 0.2) is 5.79 Å². The molecule has 2 heterocycles. The van der Waals surface area contributed by atoms with E-state index in [1.54, 1.807) is 0 Å². The van der Waals surface area contributed by atoms with Gasteiger partial charge >= 0.3 is 0 Å². The Morgan fingerprint density at radius 1 is 1.04 bits per heavy atom. The molecule has 0 bridgehead atoms. The maximum absolute atomic E-state index is 12.0. The number of carbonyl (C=O) groups is 1. The second-order valence-electron chi connectivity index (χ2n) is 6.38. The molecule has 2 aromatic rings. The molecule has 1 N–H and O–H groups in total. The molecule has 0 unspecified atom stereocenters. The predicted molar refractivity (Wildman–Crippen MR) is 88.4 cm³/mol. The summed E-state index contributed by atoms with van der Waals surface area (Å²) in [5.41, 5.74) is 4.22. The molecule has 116 valence electrons. The van der Waals surface area contributed by atoms with Crippen molar-refractivity contribution in [1.29, 1.82) is 0 Å². The van der Waals surface area contributed by atoms with Crippen molar-refractivity contribution < 1.29 is 14.3 Å². The SMILES string of the molecule is O=C1Nc2ccc(C3=CCC4(CC3)OCCO4)c3cccc1c23. The van der Waals surface area contributed by atoms with Gasteiger partial charge in [-0.2, -0.15) is 0 Å². The van der Waals surface area contributed by atoms with E-state index in [2.05, 4.69) is 23.5 Å². The summed E-state index contributed by atoms with van der Waals surface area (Å²) in [5.74, 6) is -0.400. The molecule has 0 atom stereocenters. The van der Waals surface area contributed by atoms with E-state index in [1.165, 1.54) is 11.1 Å². The van der Waals surface area contributed by atoms with Crippen LogP contribution in [0.15, 0.2) is 36.4 Å². The van der Waals surface area contributed by atoms with Crippen LogP contribution in [0.5, 0.6) is 0 Å². The number of hydrogen-bond donors (Lipinski definition) is 1. The van der Waals surface area contributed by atoms with Gasteiger partial charge in [-0.05, 0) is 35.1 Å². The number of ether oxygens (including phenoxy) is 2. The fraction of sp³-hybridized carbons (Fsp3) is 0.316. The number of rotatable bonds is 1. The molecule has 0 aromatic heterocycles. The van der Waals surface area contributed by atoms with Crippen LogP contribution in [0, 0.1) is 0 Å². The average molecular weight is 307 g/mol. The molecule has 0 saturated carbocycles. The van der Waals surface area contributed by atoms with Crippen molar-refractivity contribution in [1.82, 2.24) is 0 Å². The highest BCUT2D eigenvalue weighted by molar-refractivity contribution is 6.25. The zero-order valence-electron chi connectivity index (χ0n) is 12.7. The first-order valence-electron chi connectivity index (χ1n) is 8.10. The molecule has 1 aliphatic carbocycles. The fourth-order valence-electron chi connectivity index (χ4n) is 3.98. The minimum absolute atomic E-state index is 0.00733. The predicted octanol–water partition coefficient (Wildman–Crippen LogP) is 3.72. The first kappa shape index (κ1) is 13.3. The van der Waals surface area contributed by atoms with Gasteiger partial charge in [-0.15, -0.1) is 0 Å². The summed E-state index contributed by atoms with van der Waals surface area (Å²) in [7, 11) is 0. The Labute approximate surface area is 134 Å². The van der Waals surface area contributed by atoms with Gasteiger partial charge in [0.2, 0.25) is 0 Å². The summed E-state index contributed by atoms with van der Waals surface area (Å²) in [6, 6.07) is 10.1. The topological polar surface area (TPSA) is 47.6 Å². The largest absolute Gasteiger partial charge is 0.347 e. The summed E-state index contributed by atoms with van der Waals surface area (Å²) < 4.78 is 11.6. The van der Waals surface area contributed by atoms with Crippen molar-refractivity contribution in [2.45, 2.75) is 25.0 Å². The van der Waals surface area contributed by atoms with Crippen LogP contribution in [0.2, 0.25) is 0 Å². The molecule has 1 amide bonds. The number of hydrogen-bond acceptors (Lipinski definition) is 3. The van der Waals surface area contributed by atoms with Gasteiger partial charge in [-0.1, -0.05) is 24.3 Å². The Hall–Kier alpha value is -2.17. The molecule has 2 aliphatic heterocycles. The van der Waals surface area contributed by atoms with Gasteiger partial charge in [0, 0.05) is 29.5 Å². The van der Waals surface area contributed by atoms with Crippen LogP contribution in [-0.2, 0) is 9.47 Å². The summed E-state index contributed by atoms with van der Waals surface area (Å²) in [6.45, 7) is 1.38. The van der Waals surface area contributed by atoms with Gasteiger partial charge in [0.05, 0.1) is 13.2 Å². The van der Waals surface area contributed by atoms with E-state index in [0.29, 0.717) is 13.2 Å². The van der Waals surface area contributed by atoms with E-state index in [0.717, 1.165) is 41.3 Å². The van der Waals surface area contributed by atoms with E-state index in [-0.39, 0.29) is 5.91 Å². The van der Waals surface area contributed by atoms with Crippen LogP contribution < -0.4 is 5.32 Å². The molecule has 2 aromatic carbocycles. The molecule has 1 fully saturated rings.